The first-order valence-corrected chi connectivity index (χ1v) is 5.36. The molecule has 0 aliphatic rings. The van der Waals surface area contributed by atoms with Crippen LogP contribution >= 0.6 is 0 Å². The first-order chi connectivity index (χ1) is 8.91. The van der Waals surface area contributed by atoms with Crippen LogP contribution in [0.1, 0.15) is 12.5 Å². The third-order valence-electron chi connectivity index (χ3n) is 2.28. The van der Waals surface area contributed by atoms with Crippen LogP contribution in [-0.2, 0) is 6.18 Å². The molecule has 0 saturated carbocycles. The maximum Gasteiger partial charge on any atom is 0.417 e. The van der Waals surface area contributed by atoms with E-state index < -0.39 is 17.6 Å². The molecular weight excluding hydrogens is 266 g/mol. The van der Waals surface area contributed by atoms with E-state index in [0.29, 0.717) is 12.6 Å². The van der Waals surface area contributed by atoms with Gasteiger partial charge < -0.3 is 9.84 Å². The Kier molecular flexibility index (Phi) is 3.41. The van der Waals surface area contributed by atoms with Crippen molar-refractivity contribution in [3.8, 4) is 11.4 Å². The molecule has 0 fully saturated rings. The predicted molar refractivity (Wildman–Crippen MR) is 58.9 cm³/mol. The maximum atomic E-state index is 12.9. The van der Waals surface area contributed by atoms with Gasteiger partial charge in [0.05, 0.1) is 5.56 Å². The van der Waals surface area contributed by atoms with Crippen LogP contribution in [0.5, 0.6) is 0 Å². The zero-order valence-corrected chi connectivity index (χ0v) is 9.75. The predicted octanol–water partition coefficient (Wildman–Crippen LogP) is 3.33. The standard InChI is InChI=1S/C11H9F4N3O/c1-2-16-10-17-9(18-19-10)7-4-3-6(12)5-8(7)11(13,14)15/h3-5H,2H2,1H3,(H,16,17,18). The van der Waals surface area contributed by atoms with Gasteiger partial charge in [-0.2, -0.15) is 18.2 Å². The average molecular weight is 275 g/mol. The molecule has 0 atom stereocenters. The van der Waals surface area contributed by atoms with Crippen molar-refractivity contribution in [3.05, 3.63) is 29.6 Å². The molecule has 2 rings (SSSR count). The third-order valence-corrected chi connectivity index (χ3v) is 2.28. The quantitative estimate of drug-likeness (QED) is 0.873. The van der Waals surface area contributed by atoms with Gasteiger partial charge in [0.2, 0.25) is 5.82 Å². The summed E-state index contributed by atoms with van der Waals surface area (Å²) in [5, 5.41) is 6.11. The van der Waals surface area contributed by atoms with Crippen LogP contribution in [0.4, 0.5) is 23.6 Å². The van der Waals surface area contributed by atoms with E-state index >= 15 is 0 Å². The number of benzene rings is 1. The largest absolute Gasteiger partial charge is 0.417 e. The number of aromatic nitrogens is 2. The van der Waals surface area contributed by atoms with E-state index in [1.54, 1.807) is 6.92 Å². The molecule has 0 bridgehead atoms. The Morgan fingerprint density at radius 3 is 2.68 bits per heavy atom. The van der Waals surface area contributed by atoms with Gasteiger partial charge >= 0.3 is 12.2 Å². The summed E-state index contributed by atoms with van der Waals surface area (Å²) in [4.78, 5) is 3.76. The zero-order valence-electron chi connectivity index (χ0n) is 9.75. The molecule has 1 aromatic heterocycles. The summed E-state index contributed by atoms with van der Waals surface area (Å²) in [6, 6.07) is 2.29. The molecule has 4 nitrogen and oxygen atoms in total. The molecule has 19 heavy (non-hydrogen) atoms. The van der Waals surface area contributed by atoms with E-state index in [4.69, 9.17) is 4.52 Å². The van der Waals surface area contributed by atoms with Gasteiger partial charge in [-0.15, -0.1) is 0 Å². The highest BCUT2D eigenvalue weighted by Crippen LogP contribution is 2.36. The molecule has 8 heteroatoms. The zero-order chi connectivity index (χ0) is 14.0. The molecule has 0 aliphatic heterocycles. The van der Waals surface area contributed by atoms with E-state index in [-0.39, 0.29) is 17.4 Å². The summed E-state index contributed by atoms with van der Waals surface area (Å²) in [6.45, 7) is 2.25. The molecule has 0 unspecified atom stereocenters. The van der Waals surface area contributed by atoms with Crippen LogP contribution in [0.3, 0.4) is 0 Å². The summed E-state index contributed by atoms with van der Waals surface area (Å²) in [6.07, 6.45) is -4.70. The Labute approximate surface area is 105 Å². The van der Waals surface area contributed by atoms with Gasteiger partial charge in [0.1, 0.15) is 5.82 Å². The Bertz CT molecular complexity index is 580. The number of nitrogens with zero attached hydrogens (tertiary/aromatic N) is 2. The maximum absolute atomic E-state index is 12.9. The van der Waals surface area contributed by atoms with Crippen LogP contribution in [0.2, 0.25) is 0 Å². The van der Waals surface area contributed by atoms with Crippen molar-refractivity contribution in [1.29, 1.82) is 0 Å². The molecule has 1 heterocycles. The average Bonchev–Trinajstić information content (AvgIpc) is 2.77. The van der Waals surface area contributed by atoms with Crippen LogP contribution < -0.4 is 5.32 Å². The minimum atomic E-state index is -4.70. The number of nitrogens with one attached hydrogen (secondary N) is 1. The fourth-order valence-electron chi connectivity index (χ4n) is 1.50. The SMILES string of the molecule is CCNc1nc(-c2ccc(F)cc2C(F)(F)F)no1. The number of hydrogen-bond acceptors (Lipinski definition) is 4. The van der Waals surface area contributed by atoms with Crippen molar-refractivity contribution < 1.29 is 22.1 Å². The molecule has 0 spiro atoms. The van der Waals surface area contributed by atoms with Crippen LogP contribution in [0, 0.1) is 5.82 Å². The van der Waals surface area contributed by atoms with Crippen molar-refractivity contribution in [2.45, 2.75) is 13.1 Å². The second-order valence-electron chi connectivity index (χ2n) is 3.64. The minimum Gasteiger partial charge on any atom is -0.338 e. The number of anilines is 1. The van der Waals surface area contributed by atoms with Crippen molar-refractivity contribution in [2.75, 3.05) is 11.9 Å². The van der Waals surface area contributed by atoms with Crippen LogP contribution in [-0.4, -0.2) is 16.7 Å². The summed E-state index contributed by atoms with van der Waals surface area (Å²) < 4.78 is 56.1. The Morgan fingerprint density at radius 1 is 1.32 bits per heavy atom. The summed E-state index contributed by atoms with van der Waals surface area (Å²) in [5.41, 5.74) is -1.47. The smallest absolute Gasteiger partial charge is 0.338 e. The first kappa shape index (κ1) is 13.3. The van der Waals surface area contributed by atoms with Gasteiger partial charge in [0.25, 0.3) is 0 Å². The van der Waals surface area contributed by atoms with E-state index in [1.807, 2.05) is 0 Å². The fraction of sp³-hybridized carbons (Fsp3) is 0.273. The lowest BCUT2D eigenvalue weighted by molar-refractivity contribution is -0.137. The number of halogens is 4. The Balaban J connectivity index is 2.48. The first-order valence-electron chi connectivity index (χ1n) is 5.36. The minimum absolute atomic E-state index is 0.00921. The molecule has 1 N–H and O–H groups in total. The molecule has 102 valence electrons. The molecule has 1 aromatic carbocycles. The topological polar surface area (TPSA) is 51.0 Å². The van der Waals surface area contributed by atoms with E-state index in [9.17, 15) is 17.6 Å². The van der Waals surface area contributed by atoms with Crippen LogP contribution in [0.25, 0.3) is 11.4 Å². The molecule has 0 saturated heterocycles. The Hall–Kier alpha value is -2.12. The fourth-order valence-corrected chi connectivity index (χ4v) is 1.50. The van der Waals surface area contributed by atoms with E-state index in [0.717, 1.165) is 12.1 Å². The van der Waals surface area contributed by atoms with E-state index in [1.165, 1.54) is 0 Å². The van der Waals surface area contributed by atoms with Gasteiger partial charge in [-0.05, 0) is 25.1 Å². The highest BCUT2D eigenvalue weighted by molar-refractivity contribution is 5.61. The van der Waals surface area contributed by atoms with Gasteiger partial charge in [-0.3, -0.25) is 0 Å². The van der Waals surface area contributed by atoms with Crippen molar-refractivity contribution >= 4 is 6.01 Å². The number of hydrogen-bond donors (Lipinski definition) is 1. The van der Waals surface area contributed by atoms with Crippen LogP contribution in [0.15, 0.2) is 22.7 Å². The lowest BCUT2D eigenvalue weighted by Gasteiger charge is -2.10. The van der Waals surface area contributed by atoms with Gasteiger partial charge in [0.15, 0.2) is 0 Å². The van der Waals surface area contributed by atoms with Gasteiger partial charge in [-0.1, -0.05) is 5.16 Å². The summed E-state index contributed by atoms with van der Waals surface area (Å²) in [5.74, 6) is -1.23. The third kappa shape index (κ3) is 2.83. The molecular formula is C11H9F4N3O. The van der Waals surface area contributed by atoms with Crippen molar-refractivity contribution in [2.24, 2.45) is 0 Å². The Morgan fingerprint density at radius 2 is 2.05 bits per heavy atom. The van der Waals surface area contributed by atoms with E-state index in [2.05, 4.69) is 15.5 Å². The summed E-state index contributed by atoms with van der Waals surface area (Å²) >= 11 is 0. The molecule has 0 aliphatic carbocycles. The summed E-state index contributed by atoms with van der Waals surface area (Å²) in [7, 11) is 0. The second-order valence-corrected chi connectivity index (χ2v) is 3.64. The van der Waals surface area contributed by atoms with Crippen molar-refractivity contribution in [1.82, 2.24) is 10.1 Å². The highest BCUT2D eigenvalue weighted by Gasteiger charge is 2.35. The molecule has 0 radical (unpaired) electrons. The van der Waals surface area contributed by atoms with Gasteiger partial charge in [-0.25, -0.2) is 4.39 Å². The highest BCUT2D eigenvalue weighted by atomic mass is 19.4. The lowest BCUT2D eigenvalue weighted by Crippen LogP contribution is -2.08. The monoisotopic (exact) mass is 275 g/mol. The van der Waals surface area contributed by atoms with Crippen molar-refractivity contribution in [3.63, 3.8) is 0 Å². The number of alkyl halides is 3. The second kappa shape index (κ2) is 4.87. The normalized spacial score (nSPS) is 11.6. The van der Waals surface area contributed by atoms with Gasteiger partial charge in [0, 0.05) is 12.1 Å². The number of rotatable bonds is 3. The lowest BCUT2D eigenvalue weighted by atomic mass is 10.1. The molecule has 2 aromatic rings. The molecule has 0 amide bonds.